The summed E-state index contributed by atoms with van der Waals surface area (Å²) in [7, 11) is 0. The van der Waals surface area contributed by atoms with E-state index in [-0.39, 0.29) is 11.3 Å². The summed E-state index contributed by atoms with van der Waals surface area (Å²) < 4.78 is 8.10. The lowest BCUT2D eigenvalue weighted by Gasteiger charge is -2.43. The molecule has 2 saturated heterocycles. The van der Waals surface area contributed by atoms with Crippen molar-refractivity contribution in [2.75, 3.05) is 19.7 Å². The van der Waals surface area contributed by atoms with Gasteiger partial charge in [-0.3, -0.25) is 4.57 Å². The zero-order chi connectivity index (χ0) is 18.4. The van der Waals surface area contributed by atoms with E-state index in [9.17, 15) is 4.79 Å². The highest BCUT2D eigenvalue weighted by Gasteiger charge is 2.40. The fourth-order valence-corrected chi connectivity index (χ4v) is 5.75. The molecule has 0 radical (unpaired) electrons. The summed E-state index contributed by atoms with van der Waals surface area (Å²) in [6, 6.07) is 7.26. The van der Waals surface area contributed by atoms with E-state index in [2.05, 4.69) is 28.9 Å². The maximum atomic E-state index is 12.6. The Morgan fingerprint density at radius 1 is 1.07 bits per heavy atom. The lowest BCUT2D eigenvalue weighted by atomic mass is 9.79. The summed E-state index contributed by atoms with van der Waals surface area (Å²) >= 11 is 0. The van der Waals surface area contributed by atoms with Gasteiger partial charge in [-0.25, -0.2) is 4.79 Å². The van der Waals surface area contributed by atoms with Crippen molar-refractivity contribution in [1.29, 1.82) is 0 Å². The van der Waals surface area contributed by atoms with E-state index in [1.165, 1.54) is 44.1 Å². The highest BCUT2D eigenvalue weighted by Crippen LogP contribution is 2.41. The molecule has 0 amide bonds. The van der Waals surface area contributed by atoms with Gasteiger partial charge in [0, 0.05) is 31.8 Å². The quantitative estimate of drug-likeness (QED) is 0.877. The van der Waals surface area contributed by atoms with E-state index in [1.807, 2.05) is 10.6 Å². The first-order chi connectivity index (χ1) is 13.1. The number of piperidine rings is 1. The zero-order valence-corrected chi connectivity index (χ0v) is 16.4. The molecule has 5 nitrogen and oxygen atoms in total. The van der Waals surface area contributed by atoms with Crippen molar-refractivity contribution < 1.29 is 4.74 Å². The third-order valence-electron chi connectivity index (χ3n) is 7.31. The van der Waals surface area contributed by atoms with Crippen LogP contribution in [0.3, 0.4) is 0 Å². The molecule has 1 aromatic heterocycles. The second kappa shape index (κ2) is 6.78. The summed E-state index contributed by atoms with van der Waals surface area (Å²) in [6.07, 6.45) is 9.67. The third-order valence-corrected chi connectivity index (χ3v) is 7.31. The van der Waals surface area contributed by atoms with Crippen molar-refractivity contribution >= 4 is 11.0 Å². The molecule has 3 fully saturated rings. The van der Waals surface area contributed by atoms with Crippen molar-refractivity contribution in [1.82, 2.24) is 14.5 Å². The van der Waals surface area contributed by atoms with Crippen LogP contribution in [0.1, 0.15) is 63.0 Å². The van der Waals surface area contributed by atoms with Crippen LogP contribution < -0.4 is 5.69 Å². The second-order valence-corrected chi connectivity index (χ2v) is 8.95. The SMILES string of the molecule is Cc1ccc2[nH]c(=O)n(C3CCN([C@H]4CC[C@@]5(CCCO5)CC4)CC3)c2c1. The van der Waals surface area contributed by atoms with E-state index in [0.29, 0.717) is 12.1 Å². The first kappa shape index (κ1) is 17.5. The summed E-state index contributed by atoms with van der Waals surface area (Å²) in [4.78, 5) is 18.3. The van der Waals surface area contributed by atoms with Crippen LogP contribution in [0.5, 0.6) is 0 Å². The van der Waals surface area contributed by atoms with Crippen LogP contribution in [0, 0.1) is 6.92 Å². The fourth-order valence-electron chi connectivity index (χ4n) is 5.75. The Balaban J connectivity index is 1.25. The largest absolute Gasteiger partial charge is 0.375 e. The highest BCUT2D eigenvalue weighted by molar-refractivity contribution is 5.76. The van der Waals surface area contributed by atoms with E-state index >= 15 is 0 Å². The van der Waals surface area contributed by atoms with Gasteiger partial charge >= 0.3 is 5.69 Å². The molecule has 1 N–H and O–H groups in total. The summed E-state index contributed by atoms with van der Waals surface area (Å²) in [5.74, 6) is 0. The molecule has 0 unspecified atom stereocenters. The van der Waals surface area contributed by atoms with Crippen LogP contribution in [0.25, 0.3) is 11.0 Å². The molecule has 0 atom stereocenters. The third kappa shape index (κ3) is 3.15. The molecule has 3 heterocycles. The first-order valence-corrected chi connectivity index (χ1v) is 10.7. The number of nitrogens with zero attached hydrogens (tertiary/aromatic N) is 2. The number of aromatic amines is 1. The summed E-state index contributed by atoms with van der Waals surface area (Å²) in [5, 5.41) is 0. The Morgan fingerprint density at radius 3 is 2.56 bits per heavy atom. The Bertz CT molecular complexity index is 859. The second-order valence-electron chi connectivity index (χ2n) is 8.95. The normalized spacial score (nSPS) is 30.5. The van der Waals surface area contributed by atoms with Crippen molar-refractivity contribution in [3.63, 3.8) is 0 Å². The molecule has 1 aromatic carbocycles. The molecule has 3 aliphatic rings. The van der Waals surface area contributed by atoms with Gasteiger partial charge in [0.1, 0.15) is 0 Å². The van der Waals surface area contributed by atoms with Gasteiger partial charge in [0.25, 0.3) is 0 Å². The van der Waals surface area contributed by atoms with Gasteiger partial charge < -0.3 is 14.6 Å². The number of fused-ring (bicyclic) bond motifs is 1. The standard InChI is InChI=1S/C22H31N3O2/c1-16-3-4-19-20(15-16)25(21(26)23-19)18-7-12-24(13-8-18)17-5-10-22(11-6-17)9-2-14-27-22/h3-4,15,17-18H,2,5-14H2,1H3,(H,23,26)/t17-,22-. The average Bonchev–Trinajstić information content (AvgIpc) is 3.26. The molecule has 5 rings (SSSR count). The topological polar surface area (TPSA) is 50.3 Å². The number of hydrogen-bond acceptors (Lipinski definition) is 3. The predicted molar refractivity (Wildman–Crippen MR) is 107 cm³/mol. The molecular weight excluding hydrogens is 338 g/mol. The fraction of sp³-hybridized carbons (Fsp3) is 0.682. The first-order valence-electron chi connectivity index (χ1n) is 10.7. The smallest absolute Gasteiger partial charge is 0.326 e. The number of rotatable bonds is 2. The van der Waals surface area contributed by atoms with Crippen LogP contribution in [0.4, 0.5) is 0 Å². The number of ether oxygens (including phenoxy) is 1. The number of benzene rings is 1. The van der Waals surface area contributed by atoms with Crippen molar-refractivity contribution in [3.8, 4) is 0 Å². The molecule has 1 aliphatic carbocycles. The van der Waals surface area contributed by atoms with Crippen molar-refractivity contribution in [2.24, 2.45) is 0 Å². The van der Waals surface area contributed by atoms with E-state index in [0.717, 1.165) is 43.6 Å². The Labute approximate surface area is 160 Å². The number of nitrogens with one attached hydrogen (secondary N) is 1. The number of aryl methyl sites for hydroxylation is 1. The average molecular weight is 370 g/mol. The zero-order valence-electron chi connectivity index (χ0n) is 16.4. The van der Waals surface area contributed by atoms with Gasteiger partial charge in [0.05, 0.1) is 16.6 Å². The van der Waals surface area contributed by atoms with Gasteiger partial charge in [-0.1, -0.05) is 6.07 Å². The number of imidazole rings is 1. The minimum Gasteiger partial charge on any atom is -0.375 e. The van der Waals surface area contributed by atoms with Crippen molar-refractivity contribution in [2.45, 2.75) is 76.0 Å². The van der Waals surface area contributed by atoms with Crippen LogP contribution >= 0.6 is 0 Å². The molecule has 2 aliphatic heterocycles. The van der Waals surface area contributed by atoms with Gasteiger partial charge in [0.15, 0.2) is 0 Å². The number of likely N-dealkylation sites (tertiary alicyclic amines) is 1. The van der Waals surface area contributed by atoms with Crippen LogP contribution in [0.2, 0.25) is 0 Å². The Morgan fingerprint density at radius 2 is 1.85 bits per heavy atom. The maximum Gasteiger partial charge on any atom is 0.326 e. The Kier molecular flexibility index (Phi) is 4.40. The van der Waals surface area contributed by atoms with E-state index in [1.54, 1.807) is 0 Å². The number of hydrogen-bond donors (Lipinski definition) is 1. The number of aromatic nitrogens is 2. The van der Waals surface area contributed by atoms with E-state index in [4.69, 9.17) is 4.74 Å². The minimum atomic E-state index is 0.0482. The molecule has 5 heteroatoms. The Hall–Kier alpha value is -1.59. The highest BCUT2D eigenvalue weighted by atomic mass is 16.5. The lowest BCUT2D eigenvalue weighted by Crippen LogP contribution is -2.47. The molecule has 1 saturated carbocycles. The van der Waals surface area contributed by atoms with E-state index < -0.39 is 0 Å². The molecule has 0 bridgehead atoms. The van der Waals surface area contributed by atoms with Gasteiger partial charge in [-0.05, 0) is 76.0 Å². The minimum absolute atomic E-state index is 0.0482. The summed E-state index contributed by atoms with van der Waals surface area (Å²) in [5.41, 5.74) is 3.51. The van der Waals surface area contributed by atoms with Gasteiger partial charge in [0.2, 0.25) is 0 Å². The summed E-state index contributed by atoms with van der Waals surface area (Å²) in [6.45, 7) is 5.27. The predicted octanol–water partition coefficient (Wildman–Crippen LogP) is 3.77. The molecule has 1 spiro atoms. The number of H-pyrrole nitrogens is 1. The van der Waals surface area contributed by atoms with Crippen LogP contribution in [-0.2, 0) is 4.74 Å². The molecule has 146 valence electrons. The van der Waals surface area contributed by atoms with Crippen LogP contribution in [-0.4, -0.2) is 45.8 Å². The van der Waals surface area contributed by atoms with Gasteiger partial charge in [-0.2, -0.15) is 0 Å². The molecule has 2 aromatic rings. The lowest BCUT2D eigenvalue weighted by molar-refractivity contribution is -0.0451. The molecular formula is C22H31N3O2. The maximum absolute atomic E-state index is 12.6. The van der Waals surface area contributed by atoms with Crippen LogP contribution in [0.15, 0.2) is 23.0 Å². The monoisotopic (exact) mass is 369 g/mol. The molecule has 27 heavy (non-hydrogen) atoms. The van der Waals surface area contributed by atoms with Crippen molar-refractivity contribution in [3.05, 3.63) is 34.2 Å². The van der Waals surface area contributed by atoms with Gasteiger partial charge in [-0.15, -0.1) is 0 Å².